The van der Waals surface area contributed by atoms with Gasteiger partial charge < -0.3 is 5.32 Å². The lowest BCUT2D eigenvalue weighted by atomic mass is 10.1. The molecule has 1 N–H and O–H groups in total. The third kappa shape index (κ3) is 3.51. The Morgan fingerprint density at radius 3 is 2.76 bits per heavy atom. The smallest absolute Gasteiger partial charge is 0.140 e. The van der Waals surface area contributed by atoms with Gasteiger partial charge in [0, 0.05) is 26.2 Å². The van der Waals surface area contributed by atoms with Gasteiger partial charge >= 0.3 is 0 Å². The van der Waals surface area contributed by atoms with E-state index in [1.54, 1.807) is 6.33 Å². The van der Waals surface area contributed by atoms with Gasteiger partial charge in [0.2, 0.25) is 0 Å². The number of hydrogen-bond acceptors (Lipinski definition) is 4. The first-order valence-electron chi connectivity index (χ1n) is 6.58. The van der Waals surface area contributed by atoms with Gasteiger partial charge in [0.25, 0.3) is 0 Å². The van der Waals surface area contributed by atoms with Gasteiger partial charge in [-0.15, -0.1) is 0 Å². The maximum atomic E-state index is 4.27. The number of likely N-dealkylation sites (tertiary alicyclic amines) is 1. The van der Waals surface area contributed by atoms with Crippen molar-refractivity contribution in [1.82, 2.24) is 25.0 Å². The van der Waals surface area contributed by atoms with E-state index in [-0.39, 0.29) is 0 Å². The van der Waals surface area contributed by atoms with Crippen LogP contribution in [0.25, 0.3) is 0 Å². The molecule has 0 amide bonds. The molecule has 5 nitrogen and oxygen atoms in total. The molecular formula is C12H23N5. The Labute approximate surface area is 103 Å². The average Bonchev–Trinajstić information content (AvgIpc) is 2.74. The predicted octanol–water partition coefficient (Wildman–Crippen LogP) is 0.779. The molecule has 5 heteroatoms. The minimum absolute atomic E-state index is 0.714. The third-order valence-electron chi connectivity index (χ3n) is 3.44. The molecular weight excluding hydrogens is 214 g/mol. The molecule has 0 saturated carbocycles. The van der Waals surface area contributed by atoms with Crippen LogP contribution >= 0.6 is 0 Å². The van der Waals surface area contributed by atoms with Gasteiger partial charge in [-0.25, -0.2) is 4.98 Å². The third-order valence-corrected chi connectivity index (χ3v) is 3.44. The molecule has 0 aliphatic carbocycles. The van der Waals surface area contributed by atoms with E-state index in [0.29, 0.717) is 6.04 Å². The highest BCUT2D eigenvalue weighted by Crippen LogP contribution is 2.12. The molecule has 0 bridgehead atoms. The van der Waals surface area contributed by atoms with Gasteiger partial charge in [0.1, 0.15) is 12.2 Å². The molecule has 0 unspecified atom stereocenters. The van der Waals surface area contributed by atoms with Crippen molar-refractivity contribution >= 4 is 0 Å². The summed E-state index contributed by atoms with van der Waals surface area (Å²) in [6.45, 7) is 6.61. The Balaban J connectivity index is 1.74. The zero-order chi connectivity index (χ0) is 12.1. The van der Waals surface area contributed by atoms with Crippen LogP contribution < -0.4 is 5.32 Å². The summed E-state index contributed by atoms with van der Waals surface area (Å²) < 4.78 is 1.86. The minimum Gasteiger partial charge on any atom is -0.314 e. The molecule has 1 fully saturated rings. The number of rotatable bonds is 5. The number of piperidine rings is 1. The van der Waals surface area contributed by atoms with E-state index in [9.17, 15) is 0 Å². The zero-order valence-corrected chi connectivity index (χ0v) is 10.9. The Kier molecular flexibility index (Phi) is 4.50. The lowest BCUT2D eigenvalue weighted by molar-refractivity contribution is 0.185. The van der Waals surface area contributed by atoms with E-state index in [1.807, 2.05) is 11.7 Å². The summed E-state index contributed by atoms with van der Waals surface area (Å²) in [4.78, 5) is 6.74. The number of aryl methyl sites for hydroxylation is 1. The molecule has 96 valence electrons. The Morgan fingerprint density at radius 1 is 1.41 bits per heavy atom. The maximum absolute atomic E-state index is 4.27. The van der Waals surface area contributed by atoms with Crippen LogP contribution in [0, 0.1) is 0 Å². The molecule has 1 saturated heterocycles. The molecule has 2 heterocycles. The van der Waals surface area contributed by atoms with Crippen LogP contribution in [0.3, 0.4) is 0 Å². The second kappa shape index (κ2) is 6.12. The topological polar surface area (TPSA) is 46.0 Å². The molecule has 0 radical (unpaired) electrons. The summed E-state index contributed by atoms with van der Waals surface area (Å²) in [5.41, 5.74) is 0. The van der Waals surface area contributed by atoms with Gasteiger partial charge in [0.05, 0.1) is 6.54 Å². The van der Waals surface area contributed by atoms with Gasteiger partial charge in [-0.3, -0.25) is 9.58 Å². The van der Waals surface area contributed by atoms with E-state index in [4.69, 9.17) is 0 Å². The molecule has 0 atom stereocenters. The van der Waals surface area contributed by atoms with E-state index < -0.39 is 0 Å². The van der Waals surface area contributed by atoms with Gasteiger partial charge in [-0.1, -0.05) is 6.92 Å². The largest absolute Gasteiger partial charge is 0.314 e. The quantitative estimate of drug-likeness (QED) is 0.822. The van der Waals surface area contributed by atoms with Crippen LogP contribution in [0.4, 0.5) is 0 Å². The Bertz CT molecular complexity index is 327. The van der Waals surface area contributed by atoms with Crippen molar-refractivity contribution in [2.24, 2.45) is 7.05 Å². The van der Waals surface area contributed by atoms with Crippen LogP contribution in [0.1, 0.15) is 32.0 Å². The molecule has 17 heavy (non-hydrogen) atoms. The summed E-state index contributed by atoms with van der Waals surface area (Å²) in [5, 5.41) is 7.71. The van der Waals surface area contributed by atoms with Crippen molar-refractivity contribution in [2.45, 2.75) is 38.8 Å². The van der Waals surface area contributed by atoms with Crippen molar-refractivity contribution in [3.05, 3.63) is 12.2 Å². The van der Waals surface area contributed by atoms with Crippen molar-refractivity contribution in [2.75, 3.05) is 19.6 Å². The van der Waals surface area contributed by atoms with E-state index in [1.165, 1.54) is 19.3 Å². The van der Waals surface area contributed by atoms with Gasteiger partial charge in [0.15, 0.2) is 0 Å². The lowest BCUT2D eigenvalue weighted by Gasteiger charge is -2.32. The molecule has 0 aromatic carbocycles. The van der Waals surface area contributed by atoms with E-state index in [0.717, 1.165) is 32.0 Å². The molecule has 1 aliphatic heterocycles. The van der Waals surface area contributed by atoms with Crippen molar-refractivity contribution in [3.63, 3.8) is 0 Å². The summed E-state index contributed by atoms with van der Waals surface area (Å²) in [5.74, 6) is 1.06. The average molecular weight is 237 g/mol. The standard InChI is InChI=1S/C12H23N5/c1-3-6-13-11-4-7-17(8-5-11)9-12-14-10-15-16(12)2/h10-11,13H,3-9H2,1-2H3. The van der Waals surface area contributed by atoms with E-state index >= 15 is 0 Å². The first-order valence-corrected chi connectivity index (χ1v) is 6.58. The normalized spacial score (nSPS) is 18.7. The molecule has 1 aromatic heterocycles. The van der Waals surface area contributed by atoms with Crippen LogP contribution in [-0.4, -0.2) is 45.3 Å². The first-order chi connectivity index (χ1) is 8.29. The lowest BCUT2D eigenvalue weighted by Crippen LogP contribution is -2.42. The highest BCUT2D eigenvalue weighted by atomic mass is 15.3. The summed E-state index contributed by atoms with van der Waals surface area (Å²) in [6.07, 6.45) is 5.35. The Hall–Kier alpha value is -0.940. The van der Waals surface area contributed by atoms with Crippen LogP contribution in [-0.2, 0) is 13.6 Å². The fourth-order valence-electron chi connectivity index (χ4n) is 2.31. The fraction of sp³-hybridized carbons (Fsp3) is 0.833. The number of nitrogens with zero attached hydrogens (tertiary/aromatic N) is 4. The highest BCUT2D eigenvalue weighted by molar-refractivity contribution is 4.86. The molecule has 2 rings (SSSR count). The van der Waals surface area contributed by atoms with Gasteiger partial charge in [-0.05, 0) is 25.8 Å². The SMILES string of the molecule is CCCNC1CCN(Cc2ncnn2C)CC1. The van der Waals surface area contributed by atoms with Gasteiger partial charge in [-0.2, -0.15) is 5.10 Å². The number of nitrogens with one attached hydrogen (secondary N) is 1. The van der Waals surface area contributed by atoms with E-state index in [2.05, 4.69) is 27.2 Å². The highest BCUT2D eigenvalue weighted by Gasteiger charge is 2.19. The monoisotopic (exact) mass is 237 g/mol. The maximum Gasteiger partial charge on any atom is 0.140 e. The fourth-order valence-corrected chi connectivity index (χ4v) is 2.31. The summed E-state index contributed by atoms with van der Waals surface area (Å²) >= 11 is 0. The number of aromatic nitrogens is 3. The molecule has 1 aliphatic rings. The van der Waals surface area contributed by atoms with Crippen molar-refractivity contribution in [3.8, 4) is 0 Å². The van der Waals surface area contributed by atoms with Crippen molar-refractivity contribution in [1.29, 1.82) is 0 Å². The van der Waals surface area contributed by atoms with Crippen LogP contribution in [0.15, 0.2) is 6.33 Å². The number of hydrogen-bond donors (Lipinski definition) is 1. The van der Waals surface area contributed by atoms with Crippen LogP contribution in [0.2, 0.25) is 0 Å². The summed E-state index contributed by atoms with van der Waals surface area (Å²) in [7, 11) is 1.96. The Morgan fingerprint density at radius 2 is 2.18 bits per heavy atom. The zero-order valence-electron chi connectivity index (χ0n) is 10.9. The summed E-state index contributed by atoms with van der Waals surface area (Å²) in [6, 6.07) is 0.714. The van der Waals surface area contributed by atoms with Crippen molar-refractivity contribution < 1.29 is 0 Å². The second-order valence-electron chi connectivity index (χ2n) is 4.80. The molecule has 0 spiro atoms. The van der Waals surface area contributed by atoms with Crippen LogP contribution in [0.5, 0.6) is 0 Å². The second-order valence-corrected chi connectivity index (χ2v) is 4.80. The first kappa shape index (κ1) is 12.5. The predicted molar refractivity (Wildman–Crippen MR) is 67.6 cm³/mol. The minimum atomic E-state index is 0.714. The molecule has 1 aromatic rings.